The van der Waals surface area contributed by atoms with Crippen molar-refractivity contribution in [2.24, 2.45) is 11.8 Å². The van der Waals surface area contributed by atoms with Crippen LogP contribution in [0.2, 0.25) is 0 Å². The molecule has 5 heteroatoms. The Morgan fingerprint density at radius 2 is 1.75 bits per heavy atom. The number of carbonyl (C=O) groups is 1. The molecule has 2 saturated carbocycles. The van der Waals surface area contributed by atoms with Crippen molar-refractivity contribution < 1.29 is 4.79 Å². The molecule has 0 spiro atoms. The maximum absolute atomic E-state index is 12.4. The summed E-state index contributed by atoms with van der Waals surface area (Å²) in [7, 11) is 0. The number of hydrogen-bond donors (Lipinski definition) is 1. The molecule has 0 saturated heterocycles. The number of rotatable bonds is 3. The van der Waals surface area contributed by atoms with Crippen LogP contribution in [0.25, 0.3) is 0 Å². The second kappa shape index (κ2) is 7.49. The van der Waals surface area contributed by atoms with E-state index in [4.69, 9.17) is 0 Å². The first-order valence-electron chi connectivity index (χ1n) is 9.40. The first-order valence-corrected chi connectivity index (χ1v) is 9.40. The van der Waals surface area contributed by atoms with Crippen molar-refractivity contribution in [1.29, 1.82) is 0 Å². The molecule has 0 bridgehead atoms. The number of nitrogens with one attached hydrogen (secondary N) is 1. The molecule has 24 heavy (non-hydrogen) atoms. The highest BCUT2D eigenvalue weighted by Crippen LogP contribution is 2.30. The molecule has 0 aliphatic heterocycles. The fraction of sp³-hybridized carbons (Fsp3) is 0.737. The van der Waals surface area contributed by atoms with E-state index in [1.54, 1.807) is 16.8 Å². The van der Waals surface area contributed by atoms with E-state index in [-0.39, 0.29) is 29.5 Å². The standard InChI is InChI=1S/C19H29N3O2/c1-13-3-6-15(7-4-13)19(24)20-16-8-10-17(11-9-16)22-18(23)12-5-14(2)21-22/h5,12-13,15-17H,3-4,6-11H2,1-2H3,(H,20,24). The van der Waals surface area contributed by atoms with Crippen molar-refractivity contribution in [3.8, 4) is 0 Å². The Morgan fingerprint density at radius 3 is 2.42 bits per heavy atom. The van der Waals surface area contributed by atoms with Crippen LogP contribution < -0.4 is 10.9 Å². The molecule has 2 aliphatic rings. The third kappa shape index (κ3) is 4.05. The molecule has 1 amide bonds. The van der Waals surface area contributed by atoms with Crippen molar-refractivity contribution in [2.75, 3.05) is 0 Å². The molecule has 1 aromatic heterocycles. The van der Waals surface area contributed by atoms with Crippen LogP contribution in [0, 0.1) is 18.8 Å². The predicted octanol–water partition coefficient (Wildman–Crippen LogP) is 2.98. The lowest BCUT2D eigenvalue weighted by molar-refractivity contribution is -0.127. The zero-order valence-corrected chi connectivity index (χ0v) is 14.8. The second-order valence-corrected chi connectivity index (χ2v) is 7.73. The Hall–Kier alpha value is -1.65. The van der Waals surface area contributed by atoms with Gasteiger partial charge in [-0.15, -0.1) is 0 Å². The molecule has 0 unspecified atom stereocenters. The normalized spacial score (nSPS) is 30.8. The predicted molar refractivity (Wildman–Crippen MR) is 93.8 cm³/mol. The first kappa shape index (κ1) is 17.2. The van der Waals surface area contributed by atoms with Crippen LogP contribution in [-0.4, -0.2) is 21.7 Å². The van der Waals surface area contributed by atoms with E-state index in [1.807, 2.05) is 6.92 Å². The summed E-state index contributed by atoms with van der Waals surface area (Å²) in [5.41, 5.74) is 0.848. The molecule has 132 valence electrons. The lowest BCUT2D eigenvalue weighted by atomic mass is 9.82. The minimum absolute atomic E-state index is 0.0237. The van der Waals surface area contributed by atoms with Gasteiger partial charge in [-0.1, -0.05) is 6.92 Å². The topological polar surface area (TPSA) is 64.0 Å². The molecule has 0 radical (unpaired) electrons. The summed E-state index contributed by atoms with van der Waals surface area (Å²) < 4.78 is 1.63. The molecular formula is C19H29N3O2. The molecule has 1 N–H and O–H groups in total. The molecule has 5 nitrogen and oxygen atoms in total. The van der Waals surface area contributed by atoms with E-state index < -0.39 is 0 Å². The van der Waals surface area contributed by atoms with Gasteiger partial charge in [-0.3, -0.25) is 9.59 Å². The summed E-state index contributed by atoms with van der Waals surface area (Å²) in [5, 5.41) is 7.63. The van der Waals surface area contributed by atoms with Crippen molar-refractivity contribution in [3.63, 3.8) is 0 Å². The van der Waals surface area contributed by atoms with Crippen molar-refractivity contribution in [1.82, 2.24) is 15.1 Å². The number of carbonyl (C=O) groups excluding carboxylic acids is 1. The number of aryl methyl sites for hydroxylation is 1. The second-order valence-electron chi connectivity index (χ2n) is 7.73. The highest BCUT2D eigenvalue weighted by atomic mass is 16.2. The van der Waals surface area contributed by atoms with Gasteiger partial charge in [0.2, 0.25) is 5.91 Å². The van der Waals surface area contributed by atoms with Crippen LogP contribution in [0.4, 0.5) is 0 Å². The fourth-order valence-corrected chi connectivity index (χ4v) is 4.09. The summed E-state index contributed by atoms with van der Waals surface area (Å²) in [6.45, 7) is 4.18. The maximum atomic E-state index is 12.4. The van der Waals surface area contributed by atoms with Gasteiger partial charge < -0.3 is 5.32 Å². The number of nitrogens with zero attached hydrogens (tertiary/aromatic N) is 2. The number of amides is 1. The van der Waals surface area contributed by atoms with Gasteiger partial charge in [0, 0.05) is 18.0 Å². The van der Waals surface area contributed by atoms with E-state index >= 15 is 0 Å². The van der Waals surface area contributed by atoms with Gasteiger partial charge in [-0.2, -0.15) is 5.10 Å². The average molecular weight is 331 g/mol. The molecule has 1 aromatic rings. The van der Waals surface area contributed by atoms with Crippen LogP contribution in [0.15, 0.2) is 16.9 Å². The van der Waals surface area contributed by atoms with Gasteiger partial charge >= 0.3 is 0 Å². The van der Waals surface area contributed by atoms with E-state index in [1.165, 1.54) is 12.8 Å². The molecule has 0 atom stereocenters. The van der Waals surface area contributed by atoms with Crippen LogP contribution in [0.3, 0.4) is 0 Å². The number of hydrogen-bond acceptors (Lipinski definition) is 3. The highest BCUT2D eigenvalue weighted by Gasteiger charge is 2.28. The zero-order valence-electron chi connectivity index (χ0n) is 14.8. The highest BCUT2D eigenvalue weighted by molar-refractivity contribution is 5.79. The lowest BCUT2D eigenvalue weighted by Crippen LogP contribution is -2.42. The van der Waals surface area contributed by atoms with E-state index in [2.05, 4.69) is 17.3 Å². The third-order valence-electron chi connectivity index (χ3n) is 5.73. The molecule has 1 heterocycles. The number of aromatic nitrogens is 2. The largest absolute Gasteiger partial charge is 0.353 e. The van der Waals surface area contributed by atoms with Crippen molar-refractivity contribution in [2.45, 2.75) is 77.3 Å². The van der Waals surface area contributed by atoms with Crippen molar-refractivity contribution in [3.05, 3.63) is 28.2 Å². The van der Waals surface area contributed by atoms with Gasteiger partial charge in [-0.05, 0) is 70.3 Å². The quantitative estimate of drug-likeness (QED) is 0.926. The van der Waals surface area contributed by atoms with Gasteiger partial charge in [0.1, 0.15) is 0 Å². The smallest absolute Gasteiger partial charge is 0.267 e. The first-order chi connectivity index (χ1) is 11.5. The van der Waals surface area contributed by atoms with Crippen LogP contribution in [0.1, 0.15) is 70.0 Å². The Morgan fingerprint density at radius 1 is 1.08 bits per heavy atom. The van der Waals surface area contributed by atoms with Crippen LogP contribution >= 0.6 is 0 Å². The van der Waals surface area contributed by atoms with Crippen LogP contribution in [0.5, 0.6) is 0 Å². The maximum Gasteiger partial charge on any atom is 0.267 e. The van der Waals surface area contributed by atoms with Gasteiger partial charge in [0.25, 0.3) is 5.56 Å². The van der Waals surface area contributed by atoms with Gasteiger partial charge in [0.15, 0.2) is 0 Å². The summed E-state index contributed by atoms with van der Waals surface area (Å²) in [6.07, 6.45) is 8.09. The third-order valence-corrected chi connectivity index (χ3v) is 5.73. The minimum atomic E-state index is -0.0237. The summed E-state index contributed by atoms with van der Waals surface area (Å²) >= 11 is 0. The zero-order chi connectivity index (χ0) is 17.1. The monoisotopic (exact) mass is 331 g/mol. The Kier molecular flexibility index (Phi) is 5.36. The summed E-state index contributed by atoms with van der Waals surface area (Å²) in [4.78, 5) is 24.4. The van der Waals surface area contributed by atoms with E-state index in [9.17, 15) is 9.59 Å². The van der Waals surface area contributed by atoms with Gasteiger partial charge in [-0.25, -0.2) is 4.68 Å². The molecule has 2 fully saturated rings. The van der Waals surface area contributed by atoms with Crippen LogP contribution in [-0.2, 0) is 4.79 Å². The Labute approximate surface area is 143 Å². The SMILES string of the molecule is Cc1ccc(=O)n(C2CCC(NC(=O)C3CCC(C)CC3)CC2)n1. The molecule has 0 aromatic carbocycles. The van der Waals surface area contributed by atoms with E-state index in [0.29, 0.717) is 0 Å². The molecular weight excluding hydrogens is 302 g/mol. The summed E-state index contributed by atoms with van der Waals surface area (Å²) in [5.74, 6) is 1.22. The Balaban J connectivity index is 1.51. The fourth-order valence-electron chi connectivity index (χ4n) is 4.09. The molecule has 2 aliphatic carbocycles. The lowest BCUT2D eigenvalue weighted by Gasteiger charge is -2.32. The summed E-state index contributed by atoms with van der Waals surface area (Å²) in [6, 6.07) is 3.78. The van der Waals surface area contributed by atoms with Crippen molar-refractivity contribution >= 4 is 5.91 Å². The molecule has 3 rings (SSSR count). The van der Waals surface area contributed by atoms with E-state index in [0.717, 1.165) is 50.1 Å². The minimum Gasteiger partial charge on any atom is -0.353 e. The average Bonchev–Trinajstić information content (AvgIpc) is 2.58. The van der Waals surface area contributed by atoms with Gasteiger partial charge in [0.05, 0.1) is 11.7 Å². The Bertz CT molecular complexity index is 624.